The molecular weight excluding hydrogens is 368 g/mol. The van der Waals surface area contributed by atoms with Gasteiger partial charge >= 0.3 is 0 Å². The van der Waals surface area contributed by atoms with Crippen LogP contribution < -0.4 is 5.32 Å². The molecule has 0 saturated carbocycles. The summed E-state index contributed by atoms with van der Waals surface area (Å²) < 4.78 is 5.58. The second kappa shape index (κ2) is 8.00. The summed E-state index contributed by atoms with van der Waals surface area (Å²) in [7, 11) is 0. The topological polar surface area (TPSA) is 111 Å². The molecule has 9 heteroatoms. The SMILES string of the molecule is Cc1cccc(-c2nnc(SCC(=O)Nc3ccc([N+](=O)[O-])cc3C)o2)c1. The summed E-state index contributed by atoms with van der Waals surface area (Å²) in [6.45, 7) is 3.67. The third-order valence-electron chi connectivity index (χ3n) is 3.69. The number of hydrogen-bond acceptors (Lipinski definition) is 7. The fourth-order valence-corrected chi connectivity index (χ4v) is 2.94. The molecule has 0 aliphatic carbocycles. The van der Waals surface area contributed by atoms with Gasteiger partial charge in [-0.25, -0.2) is 0 Å². The van der Waals surface area contributed by atoms with Crippen LogP contribution in [-0.2, 0) is 4.79 Å². The van der Waals surface area contributed by atoms with Crippen LogP contribution in [0, 0.1) is 24.0 Å². The van der Waals surface area contributed by atoms with Gasteiger partial charge in [-0.2, -0.15) is 0 Å². The van der Waals surface area contributed by atoms with Crippen LogP contribution in [0.3, 0.4) is 0 Å². The van der Waals surface area contributed by atoms with Crippen LogP contribution in [0.25, 0.3) is 11.5 Å². The average molecular weight is 384 g/mol. The monoisotopic (exact) mass is 384 g/mol. The fourth-order valence-electron chi connectivity index (χ4n) is 2.38. The Morgan fingerprint density at radius 2 is 2.04 bits per heavy atom. The molecule has 0 bridgehead atoms. The van der Waals surface area contributed by atoms with Gasteiger partial charge in [-0.1, -0.05) is 29.5 Å². The minimum absolute atomic E-state index is 0.0191. The van der Waals surface area contributed by atoms with Gasteiger partial charge in [-0.15, -0.1) is 10.2 Å². The summed E-state index contributed by atoms with van der Waals surface area (Å²) in [5, 5.41) is 21.7. The first-order valence-corrected chi connectivity index (χ1v) is 8.99. The van der Waals surface area contributed by atoms with Gasteiger partial charge in [-0.3, -0.25) is 14.9 Å². The molecule has 27 heavy (non-hydrogen) atoms. The van der Waals surface area contributed by atoms with Crippen molar-refractivity contribution in [2.24, 2.45) is 0 Å². The largest absolute Gasteiger partial charge is 0.411 e. The number of thioether (sulfide) groups is 1. The number of nitrogens with one attached hydrogen (secondary N) is 1. The molecule has 2 aromatic carbocycles. The standard InChI is InChI=1S/C18H16N4O4S/c1-11-4-3-5-13(8-11)17-20-21-18(26-17)27-10-16(23)19-15-7-6-14(22(24)25)9-12(15)2/h3-9H,10H2,1-2H3,(H,19,23). The Hall–Kier alpha value is -3.20. The zero-order valence-corrected chi connectivity index (χ0v) is 15.4. The molecule has 1 aromatic heterocycles. The third kappa shape index (κ3) is 4.70. The molecule has 0 unspecified atom stereocenters. The number of carbonyl (C=O) groups excluding carboxylic acids is 1. The quantitative estimate of drug-likeness (QED) is 0.388. The molecular formula is C18H16N4O4S. The molecule has 0 radical (unpaired) electrons. The van der Waals surface area contributed by atoms with Crippen molar-refractivity contribution in [2.75, 3.05) is 11.1 Å². The molecule has 0 saturated heterocycles. The van der Waals surface area contributed by atoms with E-state index in [2.05, 4.69) is 15.5 Å². The van der Waals surface area contributed by atoms with E-state index in [-0.39, 0.29) is 17.3 Å². The lowest BCUT2D eigenvalue weighted by atomic mass is 10.1. The first kappa shape index (κ1) is 18.6. The van der Waals surface area contributed by atoms with Crippen LogP contribution >= 0.6 is 11.8 Å². The summed E-state index contributed by atoms with van der Waals surface area (Å²) >= 11 is 1.12. The molecule has 1 N–H and O–H groups in total. The van der Waals surface area contributed by atoms with Crippen molar-refractivity contribution in [2.45, 2.75) is 19.1 Å². The molecule has 0 aliphatic rings. The first-order valence-electron chi connectivity index (χ1n) is 8.00. The minimum Gasteiger partial charge on any atom is -0.411 e. The summed E-state index contributed by atoms with van der Waals surface area (Å²) in [4.78, 5) is 22.4. The normalized spacial score (nSPS) is 10.6. The second-order valence-electron chi connectivity index (χ2n) is 5.84. The van der Waals surface area contributed by atoms with Gasteiger partial charge < -0.3 is 9.73 Å². The number of nitrogens with zero attached hydrogens (tertiary/aromatic N) is 3. The zero-order chi connectivity index (χ0) is 19.4. The van der Waals surface area contributed by atoms with E-state index < -0.39 is 4.92 Å². The predicted octanol–water partition coefficient (Wildman–Crippen LogP) is 3.99. The first-order chi connectivity index (χ1) is 12.9. The van der Waals surface area contributed by atoms with Gasteiger partial charge in [0.1, 0.15) is 0 Å². The average Bonchev–Trinajstić information content (AvgIpc) is 3.10. The van der Waals surface area contributed by atoms with Crippen LogP contribution in [0.5, 0.6) is 0 Å². The van der Waals surface area contributed by atoms with Gasteiger partial charge in [0.15, 0.2) is 0 Å². The minimum atomic E-state index is -0.476. The van der Waals surface area contributed by atoms with Crippen molar-refractivity contribution in [3.05, 3.63) is 63.7 Å². The summed E-state index contributed by atoms with van der Waals surface area (Å²) in [5.74, 6) is 0.200. The molecule has 1 heterocycles. The Labute approximate surface area is 159 Å². The van der Waals surface area contributed by atoms with Gasteiger partial charge in [-0.05, 0) is 37.6 Å². The van der Waals surface area contributed by atoms with Crippen molar-refractivity contribution < 1.29 is 14.1 Å². The predicted molar refractivity (Wildman–Crippen MR) is 102 cm³/mol. The van der Waals surface area contributed by atoms with Crippen molar-refractivity contribution in [3.8, 4) is 11.5 Å². The van der Waals surface area contributed by atoms with Gasteiger partial charge in [0.25, 0.3) is 10.9 Å². The maximum Gasteiger partial charge on any atom is 0.277 e. The number of hydrogen-bond donors (Lipinski definition) is 1. The van der Waals surface area contributed by atoms with Crippen LogP contribution in [-0.4, -0.2) is 26.8 Å². The number of carbonyl (C=O) groups is 1. The number of aromatic nitrogens is 2. The highest BCUT2D eigenvalue weighted by Gasteiger charge is 2.13. The number of anilines is 1. The maximum absolute atomic E-state index is 12.1. The lowest BCUT2D eigenvalue weighted by Gasteiger charge is -2.07. The highest BCUT2D eigenvalue weighted by molar-refractivity contribution is 7.99. The molecule has 8 nitrogen and oxygen atoms in total. The number of rotatable bonds is 6. The molecule has 0 spiro atoms. The van der Waals surface area contributed by atoms with E-state index in [1.54, 1.807) is 6.92 Å². The highest BCUT2D eigenvalue weighted by atomic mass is 32.2. The van der Waals surface area contributed by atoms with Crippen molar-refractivity contribution in [1.29, 1.82) is 0 Å². The van der Waals surface area contributed by atoms with Gasteiger partial charge in [0, 0.05) is 23.4 Å². The van der Waals surface area contributed by atoms with Crippen LogP contribution in [0.4, 0.5) is 11.4 Å². The smallest absolute Gasteiger partial charge is 0.277 e. The zero-order valence-electron chi connectivity index (χ0n) is 14.6. The molecule has 138 valence electrons. The Balaban J connectivity index is 1.59. The lowest BCUT2D eigenvalue weighted by molar-refractivity contribution is -0.384. The second-order valence-corrected chi connectivity index (χ2v) is 6.76. The number of non-ortho nitro benzene ring substituents is 1. The molecule has 0 aliphatic heterocycles. The van der Waals surface area contributed by atoms with Crippen LogP contribution in [0.15, 0.2) is 52.1 Å². The Bertz CT molecular complexity index is 1000. The number of amides is 1. The number of nitro benzene ring substituents is 1. The highest BCUT2D eigenvalue weighted by Crippen LogP contribution is 2.25. The molecule has 0 fully saturated rings. The molecule has 3 aromatic rings. The van der Waals surface area contributed by atoms with E-state index in [1.165, 1.54) is 18.2 Å². The summed E-state index contributed by atoms with van der Waals surface area (Å²) in [6, 6.07) is 12.0. The van der Waals surface area contributed by atoms with Crippen LogP contribution in [0.2, 0.25) is 0 Å². The van der Waals surface area contributed by atoms with E-state index in [9.17, 15) is 14.9 Å². The van der Waals surface area contributed by atoms with Crippen molar-refractivity contribution in [1.82, 2.24) is 10.2 Å². The van der Waals surface area contributed by atoms with E-state index in [0.717, 1.165) is 22.9 Å². The molecule has 1 amide bonds. The van der Waals surface area contributed by atoms with Crippen LogP contribution in [0.1, 0.15) is 11.1 Å². The number of benzene rings is 2. The van der Waals surface area contributed by atoms with E-state index in [0.29, 0.717) is 22.4 Å². The van der Waals surface area contributed by atoms with E-state index in [4.69, 9.17) is 4.42 Å². The van der Waals surface area contributed by atoms with Gasteiger partial charge in [0.2, 0.25) is 11.8 Å². The van der Waals surface area contributed by atoms with Crippen molar-refractivity contribution >= 4 is 29.0 Å². The fraction of sp³-hybridized carbons (Fsp3) is 0.167. The molecule has 3 rings (SSSR count). The number of nitro groups is 1. The maximum atomic E-state index is 12.1. The van der Waals surface area contributed by atoms with E-state index >= 15 is 0 Å². The Morgan fingerprint density at radius 3 is 2.74 bits per heavy atom. The number of aryl methyl sites for hydroxylation is 2. The third-order valence-corrected chi connectivity index (χ3v) is 4.51. The van der Waals surface area contributed by atoms with Crippen molar-refractivity contribution in [3.63, 3.8) is 0 Å². The Kier molecular flexibility index (Phi) is 5.51. The lowest BCUT2D eigenvalue weighted by Crippen LogP contribution is -2.14. The summed E-state index contributed by atoms with van der Waals surface area (Å²) in [6.07, 6.45) is 0. The molecule has 0 atom stereocenters. The summed E-state index contributed by atoms with van der Waals surface area (Å²) in [5.41, 5.74) is 3.02. The van der Waals surface area contributed by atoms with E-state index in [1.807, 2.05) is 31.2 Å². The Morgan fingerprint density at radius 1 is 1.22 bits per heavy atom. The van der Waals surface area contributed by atoms with Gasteiger partial charge in [0.05, 0.1) is 10.7 Å².